The average Bonchev–Trinajstić information content (AvgIpc) is 3.22. The Morgan fingerprint density at radius 2 is 2.31 bits per heavy atom. The first-order valence-corrected chi connectivity index (χ1v) is 10.4. The number of anilines is 1. The molecule has 0 saturated heterocycles. The fraction of sp³-hybridized carbons (Fsp3) is 0.529. The summed E-state index contributed by atoms with van der Waals surface area (Å²) in [5.41, 5.74) is 1.56. The number of carbonyl (C=O) groups is 2. The summed E-state index contributed by atoms with van der Waals surface area (Å²) in [6.07, 6.45) is 4.48. The molecule has 0 unspecified atom stereocenters. The summed E-state index contributed by atoms with van der Waals surface area (Å²) in [7, 11) is 1.37. The number of rotatable bonds is 6. The van der Waals surface area contributed by atoms with Crippen LogP contribution in [0.5, 0.6) is 0 Å². The summed E-state index contributed by atoms with van der Waals surface area (Å²) in [6, 6.07) is 0. The van der Waals surface area contributed by atoms with E-state index < -0.39 is 0 Å². The number of amides is 1. The topological polar surface area (TPSA) is 86.1 Å². The number of aryl methyl sites for hydroxylation is 1. The van der Waals surface area contributed by atoms with Gasteiger partial charge in [0.1, 0.15) is 11.3 Å². The molecule has 0 bridgehead atoms. The lowest BCUT2D eigenvalue weighted by atomic mass is 9.88. The number of fused-ring (bicyclic) bond motifs is 1. The van der Waals surface area contributed by atoms with Crippen molar-refractivity contribution in [3.8, 4) is 0 Å². The van der Waals surface area contributed by atoms with Crippen LogP contribution in [0.4, 0.5) is 5.00 Å². The van der Waals surface area contributed by atoms with Crippen LogP contribution in [0, 0.1) is 5.92 Å². The van der Waals surface area contributed by atoms with Crippen LogP contribution in [0.15, 0.2) is 11.5 Å². The van der Waals surface area contributed by atoms with E-state index in [2.05, 4.69) is 22.4 Å². The molecule has 1 aliphatic carbocycles. The molecule has 9 heteroatoms. The molecule has 2 heterocycles. The highest BCUT2D eigenvalue weighted by Gasteiger charge is 2.28. The number of nitrogens with zero attached hydrogens (tertiary/aromatic N) is 3. The van der Waals surface area contributed by atoms with Crippen LogP contribution in [0.25, 0.3) is 0 Å². The molecule has 26 heavy (non-hydrogen) atoms. The SMILES string of the molecule is CCn1cnnc1SCC(=O)Nc1sc2c(c1C(=O)OC)CC[C@H](C)C2. The number of methoxy groups -OCH3 is 1. The first kappa shape index (κ1) is 18.9. The van der Waals surface area contributed by atoms with E-state index in [1.807, 2.05) is 11.5 Å². The lowest BCUT2D eigenvalue weighted by Gasteiger charge is -2.18. The van der Waals surface area contributed by atoms with Crippen molar-refractivity contribution < 1.29 is 14.3 Å². The Bertz CT molecular complexity index is 815. The lowest BCUT2D eigenvalue weighted by molar-refractivity contribution is -0.113. The van der Waals surface area contributed by atoms with Gasteiger partial charge in [-0.05, 0) is 37.7 Å². The second-order valence-corrected chi connectivity index (χ2v) is 8.33. The molecular formula is C17H22N4O3S2. The summed E-state index contributed by atoms with van der Waals surface area (Å²) >= 11 is 2.82. The van der Waals surface area contributed by atoms with Gasteiger partial charge in [0.25, 0.3) is 0 Å². The third kappa shape index (κ3) is 3.93. The number of carbonyl (C=O) groups excluding carboxylic acids is 2. The lowest BCUT2D eigenvalue weighted by Crippen LogP contribution is -2.17. The fourth-order valence-corrected chi connectivity index (χ4v) is 5.22. The van der Waals surface area contributed by atoms with Gasteiger partial charge in [-0.1, -0.05) is 18.7 Å². The van der Waals surface area contributed by atoms with Crippen LogP contribution in [-0.4, -0.2) is 39.5 Å². The van der Waals surface area contributed by atoms with E-state index in [4.69, 9.17) is 4.74 Å². The Morgan fingerprint density at radius 3 is 3.04 bits per heavy atom. The van der Waals surface area contributed by atoms with Crippen molar-refractivity contribution >= 4 is 40.0 Å². The molecule has 7 nitrogen and oxygen atoms in total. The number of hydrogen-bond acceptors (Lipinski definition) is 7. The minimum absolute atomic E-state index is 0.169. The predicted octanol–water partition coefficient (Wildman–Crippen LogP) is 3.00. The molecule has 1 N–H and O–H groups in total. The van der Waals surface area contributed by atoms with E-state index in [1.165, 1.54) is 35.1 Å². The number of nitrogens with one attached hydrogen (secondary N) is 1. The van der Waals surface area contributed by atoms with Gasteiger partial charge in [-0.15, -0.1) is 21.5 Å². The third-order valence-electron chi connectivity index (χ3n) is 4.41. The number of thioether (sulfide) groups is 1. The maximum Gasteiger partial charge on any atom is 0.341 e. The van der Waals surface area contributed by atoms with Gasteiger partial charge in [-0.3, -0.25) is 4.79 Å². The first-order chi connectivity index (χ1) is 12.5. The molecule has 2 aromatic rings. The summed E-state index contributed by atoms with van der Waals surface area (Å²) in [5, 5.41) is 12.1. The van der Waals surface area contributed by atoms with Crippen molar-refractivity contribution in [1.29, 1.82) is 0 Å². The molecule has 0 fully saturated rings. The number of aromatic nitrogens is 3. The zero-order valence-electron chi connectivity index (χ0n) is 15.1. The van der Waals surface area contributed by atoms with E-state index in [0.29, 0.717) is 21.6 Å². The van der Waals surface area contributed by atoms with Crippen LogP contribution in [0.1, 0.15) is 41.1 Å². The van der Waals surface area contributed by atoms with Gasteiger partial charge in [0, 0.05) is 11.4 Å². The van der Waals surface area contributed by atoms with Crippen LogP contribution in [-0.2, 0) is 28.9 Å². The maximum absolute atomic E-state index is 12.4. The molecule has 1 atom stereocenters. The zero-order valence-corrected chi connectivity index (χ0v) is 16.7. The number of thiophene rings is 1. The van der Waals surface area contributed by atoms with Crippen molar-refractivity contribution in [3.63, 3.8) is 0 Å². The highest BCUT2D eigenvalue weighted by Crippen LogP contribution is 2.40. The molecule has 140 valence electrons. The average molecular weight is 395 g/mol. The summed E-state index contributed by atoms with van der Waals surface area (Å²) < 4.78 is 6.83. The molecule has 0 radical (unpaired) electrons. The molecule has 0 aliphatic heterocycles. The Balaban J connectivity index is 1.74. The Hall–Kier alpha value is -1.87. The minimum Gasteiger partial charge on any atom is -0.465 e. The predicted molar refractivity (Wildman–Crippen MR) is 102 cm³/mol. The van der Waals surface area contributed by atoms with Crippen molar-refractivity contribution in [2.24, 2.45) is 5.92 Å². The third-order valence-corrected chi connectivity index (χ3v) is 6.56. The normalized spacial score (nSPS) is 16.2. The number of esters is 1. The second-order valence-electron chi connectivity index (χ2n) is 6.28. The van der Waals surface area contributed by atoms with Gasteiger partial charge < -0.3 is 14.6 Å². The molecule has 0 spiro atoms. The summed E-state index contributed by atoms with van der Waals surface area (Å²) in [5.74, 6) is 0.243. The molecule has 0 saturated carbocycles. The highest BCUT2D eigenvalue weighted by atomic mass is 32.2. The van der Waals surface area contributed by atoms with Gasteiger partial charge in [-0.25, -0.2) is 4.79 Å². The van der Waals surface area contributed by atoms with E-state index >= 15 is 0 Å². The molecule has 0 aromatic carbocycles. The Labute approximate surface area is 160 Å². The first-order valence-electron chi connectivity index (χ1n) is 8.56. The highest BCUT2D eigenvalue weighted by molar-refractivity contribution is 7.99. The van der Waals surface area contributed by atoms with Crippen LogP contribution in [0.3, 0.4) is 0 Å². The Morgan fingerprint density at radius 1 is 1.50 bits per heavy atom. The quantitative estimate of drug-likeness (QED) is 0.599. The van der Waals surface area contributed by atoms with Crippen LogP contribution in [0.2, 0.25) is 0 Å². The van der Waals surface area contributed by atoms with Crippen molar-refractivity contribution in [2.75, 3.05) is 18.2 Å². The van der Waals surface area contributed by atoms with Crippen molar-refractivity contribution in [1.82, 2.24) is 14.8 Å². The summed E-state index contributed by atoms with van der Waals surface area (Å²) in [4.78, 5) is 25.9. The number of hydrogen-bond donors (Lipinski definition) is 1. The molecule has 2 aromatic heterocycles. The van der Waals surface area contributed by atoms with Crippen molar-refractivity contribution in [2.45, 2.75) is 44.8 Å². The monoisotopic (exact) mass is 394 g/mol. The number of ether oxygens (including phenoxy) is 1. The van der Waals surface area contributed by atoms with E-state index in [0.717, 1.165) is 31.4 Å². The van der Waals surface area contributed by atoms with Crippen LogP contribution < -0.4 is 5.32 Å². The van der Waals surface area contributed by atoms with Gasteiger partial charge in [0.15, 0.2) is 5.16 Å². The van der Waals surface area contributed by atoms with Crippen molar-refractivity contribution in [3.05, 3.63) is 22.3 Å². The van der Waals surface area contributed by atoms with E-state index in [9.17, 15) is 9.59 Å². The van der Waals surface area contributed by atoms with Gasteiger partial charge in [0.05, 0.1) is 18.4 Å². The maximum atomic E-state index is 12.4. The van der Waals surface area contributed by atoms with Gasteiger partial charge in [0.2, 0.25) is 5.91 Å². The fourth-order valence-electron chi connectivity index (χ4n) is 3.02. The molecular weight excluding hydrogens is 372 g/mol. The zero-order chi connectivity index (χ0) is 18.7. The van der Waals surface area contributed by atoms with Crippen LogP contribution >= 0.6 is 23.1 Å². The van der Waals surface area contributed by atoms with E-state index in [1.54, 1.807) is 6.33 Å². The van der Waals surface area contributed by atoms with Gasteiger partial charge in [-0.2, -0.15) is 0 Å². The molecule has 1 amide bonds. The molecule has 3 rings (SSSR count). The molecule has 1 aliphatic rings. The standard InChI is InChI=1S/C17H22N4O3S2/c1-4-21-9-18-20-17(21)25-8-13(22)19-15-14(16(23)24-3)11-6-5-10(2)7-12(11)26-15/h9-10H,4-8H2,1-3H3,(H,19,22)/t10-/m0/s1. The second kappa shape index (κ2) is 8.22. The minimum atomic E-state index is -0.384. The summed E-state index contributed by atoms with van der Waals surface area (Å²) in [6.45, 7) is 4.95. The Kier molecular flexibility index (Phi) is 5.98. The smallest absolute Gasteiger partial charge is 0.341 e. The van der Waals surface area contributed by atoms with Gasteiger partial charge >= 0.3 is 5.97 Å². The van der Waals surface area contributed by atoms with E-state index in [-0.39, 0.29) is 17.6 Å². The largest absolute Gasteiger partial charge is 0.465 e.